The fraction of sp³-hybridized carbons (Fsp3) is 0.391. The zero-order chi connectivity index (χ0) is 29.4. The topological polar surface area (TPSA) is 228 Å². The quantitative estimate of drug-likeness (QED) is 0.100. The van der Waals surface area contributed by atoms with Gasteiger partial charge in [0.05, 0.1) is 32.0 Å². The predicted molar refractivity (Wildman–Crippen MR) is 138 cm³/mol. The first-order valence-electron chi connectivity index (χ1n) is 11.7. The molecule has 1 aliphatic heterocycles. The Kier molecular flexibility index (Phi) is 10.2. The number of carbonyl (C=O) groups excluding carboxylic acids is 1. The fourth-order valence-electron chi connectivity index (χ4n) is 3.85. The van der Waals surface area contributed by atoms with E-state index >= 15 is 0 Å². The molecule has 6 N–H and O–H groups in total. The van der Waals surface area contributed by atoms with E-state index in [0.717, 1.165) is 4.90 Å². The summed E-state index contributed by atoms with van der Waals surface area (Å²) in [5, 5.41) is 42.3. The van der Waals surface area contributed by atoms with Gasteiger partial charge in [-0.1, -0.05) is 0 Å². The van der Waals surface area contributed by atoms with E-state index in [1.807, 2.05) is 0 Å². The van der Waals surface area contributed by atoms with Gasteiger partial charge in [0.1, 0.15) is 36.8 Å². The maximum absolute atomic E-state index is 12.2. The van der Waals surface area contributed by atoms with Gasteiger partial charge in [-0.2, -0.15) is 0 Å². The minimum atomic E-state index is -1.29. The number of thiocarbonyl (C=S) groups is 1. The molecule has 0 radical (unpaired) electrons. The molecule has 3 rings (SSSR count). The van der Waals surface area contributed by atoms with Crippen LogP contribution in [-0.2, 0) is 28.7 Å². The van der Waals surface area contributed by atoms with Gasteiger partial charge in [-0.15, -0.1) is 0 Å². The number of amides is 1. The smallest absolute Gasteiger partial charge is 0.323 e. The van der Waals surface area contributed by atoms with Crippen LogP contribution in [0.1, 0.15) is 11.8 Å². The Bertz CT molecular complexity index is 1280. The number of hydrogen-bond donors (Lipinski definition) is 6. The van der Waals surface area contributed by atoms with E-state index in [-0.39, 0.29) is 54.3 Å². The number of fused-ring (bicyclic) bond motifs is 1. The van der Waals surface area contributed by atoms with Gasteiger partial charge in [0, 0.05) is 18.0 Å². The van der Waals surface area contributed by atoms with Gasteiger partial charge >= 0.3 is 23.9 Å². The van der Waals surface area contributed by atoms with Crippen LogP contribution in [0.3, 0.4) is 0 Å². The molecule has 1 aromatic carbocycles. The Morgan fingerprint density at radius 3 is 2.08 bits per heavy atom. The molecule has 0 bridgehead atoms. The molecular weight excluding hydrogens is 556 g/mol. The van der Waals surface area contributed by atoms with Crippen molar-refractivity contribution in [2.45, 2.75) is 6.04 Å². The normalized spacial score (nSPS) is 14.7. The summed E-state index contributed by atoms with van der Waals surface area (Å²) in [5.74, 6) is -5.05. The molecule has 0 spiro atoms. The highest BCUT2D eigenvalue weighted by Crippen LogP contribution is 2.36. The Morgan fingerprint density at radius 2 is 1.52 bits per heavy atom. The Labute approximate surface area is 231 Å². The van der Waals surface area contributed by atoms with Crippen molar-refractivity contribution in [3.63, 3.8) is 0 Å². The molecule has 1 aromatic heterocycles. The summed E-state index contributed by atoms with van der Waals surface area (Å²) in [6.45, 7) is -2.33. The van der Waals surface area contributed by atoms with Crippen LogP contribution < -0.4 is 20.3 Å². The lowest BCUT2D eigenvalue weighted by Crippen LogP contribution is -2.37. The van der Waals surface area contributed by atoms with Crippen LogP contribution in [-0.4, -0.2) is 113 Å². The molecule has 0 aliphatic carbocycles. The number of hydrogen-bond acceptors (Lipinski definition) is 11. The highest BCUT2D eigenvalue weighted by molar-refractivity contribution is 7.80. The largest absolute Gasteiger partial charge is 0.489 e. The second-order valence-corrected chi connectivity index (χ2v) is 8.91. The van der Waals surface area contributed by atoms with Gasteiger partial charge in [-0.3, -0.25) is 28.9 Å². The summed E-state index contributed by atoms with van der Waals surface area (Å²) in [4.78, 5) is 59.1. The van der Waals surface area contributed by atoms with E-state index in [0.29, 0.717) is 5.39 Å². The summed E-state index contributed by atoms with van der Waals surface area (Å²) >= 11 is 4.95. The summed E-state index contributed by atoms with van der Waals surface area (Å²) in [6, 6.07) is 3.58. The highest BCUT2D eigenvalue weighted by atomic mass is 32.1. The minimum absolute atomic E-state index is 0.00335. The molecule has 1 unspecified atom stereocenters. The average Bonchev–Trinajstić information content (AvgIpc) is 3.40. The van der Waals surface area contributed by atoms with Crippen LogP contribution in [0.2, 0.25) is 0 Å². The number of rotatable bonds is 17. The maximum atomic E-state index is 12.2. The SMILES string of the molecule is O=C(O)CN(CCOCCOc1cc2cc(C3NC(=S)NC3=O)oc2cc1N(CC(=O)O)CC(=O)O)CC(=O)O. The molecule has 1 amide bonds. The van der Waals surface area contributed by atoms with Gasteiger partial charge in [-0.05, 0) is 24.4 Å². The van der Waals surface area contributed by atoms with Crippen molar-refractivity contribution in [2.24, 2.45) is 0 Å². The molecule has 216 valence electrons. The van der Waals surface area contributed by atoms with Crippen LogP contribution >= 0.6 is 12.2 Å². The number of anilines is 1. The molecular formula is C23H26N4O12S. The van der Waals surface area contributed by atoms with Gasteiger partial charge in [-0.25, -0.2) is 0 Å². The molecule has 1 aliphatic rings. The third-order valence-corrected chi connectivity index (χ3v) is 5.64. The lowest BCUT2D eigenvalue weighted by molar-refractivity contribution is -0.142. The van der Waals surface area contributed by atoms with Crippen LogP contribution in [0.5, 0.6) is 5.75 Å². The molecule has 2 heterocycles. The standard InChI is InChI=1S/C23H26N4O12S/c28-17(29)8-26(9-18(30)31)1-2-37-3-4-38-15-5-12-6-16(21-22(36)25-23(40)24-21)39-14(12)7-13(15)27(10-19(32)33)11-20(34)35/h5-7,21H,1-4,8-11H2,(H,28,29)(H,30,31)(H,32,33)(H,34,35)(H2,24,25,36,40). The highest BCUT2D eigenvalue weighted by Gasteiger charge is 2.32. The number of carboxylic acid groups (broad SMARTS) is 4. The van der Waals surface area contributed by atoms with E-state index in [4.69, 9.17) is 36.3 Å². The van der Waals surface area contributed by atoms with Crippen LogP contribution in [0.25, 0.3) is 11.0 Å². The lowest BCUT2D eigenvalue weighted by Gasteiger charge is -2.23. The van der Waals surface area contributed by atoms with Crippen molar-refractivity contribution in [1.82, 2.24) is 15.5 Å². The molecule has 1 saturated heterocycles. The van der Waals surface area contributed by atoms with Crippen LogP contribution in [0.4, 0.5) is 5.69 Å². The Morgan fingerprint density at radius 1 is 0.900 bits per heavy atom. The molecule has 2 aromatic rings. The van der Waals surface area contributed by atoms with Crippen molar-refractivity contribution < 1.29 is 58.3 Å². The fourth-order valence-corrected chi connectivity index (χ4v) is 4.07. The number of nitrogens with one attached hydrogen (secondary N) is 2. The van der Waals surface area contributed by atoms with Gasteiger partial charge < -0.3 is 49.9 Å². The summed E-state index contributed by atoms with van der Waals surface area (Å²) < 4.78 is 17.0. The first kappa shape index (κ1) is 30.1. The number of furan rings is 1. The van der Waals surface area contributed by atoms with E-state index in [9.17, 15) is 34.2 Å². The van der Waals surface area contributed by atoms with Crippen molar-refractivity contribution in [3.05, 3.63) is 24.0 Å². The Balaban J connectivity index is 1.76. The number of ether oxygens (including phenoxy) is 2. The lowest BCUT2D eigenvalue weighted by atomic mass is 10.1. The van der Waals surface area contributed by atoms with E-state index in [2.05, 4.69) is 10.6 Å². The summed E-state index contributed by atoms with van der Waals surface area (Å²) in [6.07, 6.45) is 0. The zero-order valence-electron chi connectivity index (χ0n) is 20.8. The number of benzene rings is 1. The molecule has 16 nitrogen and oxygen atoms in total. The maximum Gasteiger partial charge on any atom is 0.323 e. The molecule has 17 heteroatoms. The molecule has 0 saturated carbocycles. The molecule has 1 fully saturated rings. The Hall–Kier alpha value is -4.48. The summed E-state index contributed by atoms with van der Waals surface area (Å²) in [5.41, 5.74) is 0.338. The number of carboxylic acids is 4. The van der Waals surface area contributed by atoms with Gasteiger partial charge in [0.2, 0.25) is 0 Å². The number of nitrogens with zero attached hydrogens (tertiary/aromatic N) is 2. The third-order valence-electron chi connectivity index (χ3n) is 5.42. The van der Waals surface area contributed by atoms with E-state index in [1.165, 1.54) is 17.0 Å². The number of aliphatic carboxylic acids is 4. The van der Waals surface area contributed by atoms with Crippen molar-refractivity contribution in [1.29, 1.82) is 0 Å². The number of carbonyl (C=O) groups is 5. The van der Waals surface area contributed by atoms with Gasteiger partial charge in [0.15, 0.2) is 11.2 Å². The first-order valence-corrected chi connectivity index (χ1v) is 12.1. The van der Waals surface area contributed by atoms with Crippen LogP contribution in [0, 0.1) is 0 Å². The van der Waals surface area contributed by atoms with Crippen LogP contribution in [0.15, 0.2) is 22.6 Å². The zero-order valence-corrected chi connectivity index (χ0v) is 21.6. The summed E-state index contributed by atoms with van der Waals surface area (Å²) in [7, 11) is 0. The monoisotopic (exact) mass is 582 g/mol. The second-order valence-electron chi connectivity index (χ2n) is 8.50. The minimum Gasteiger partial charge on any atom is -0.489 e. The van der Waals surface area contributed by atoms with E-state index in [1.54, 1.807) is 6.07 Å². The molecule has 40 heavy (non-hydrogen) atoms. The van der Waals surface area contributed by atoms with Crippen molar-refractivity contribution in [2.75, 3.05) is 57.4 Å². The predicted octanol–water partition coefficient (Wildman–Crippen LogP) is -0.680. The first-order chi connectivity index (χ1) is 18.9. The third kappa shape index (κ3) is 8.52. The average molecular weight is 583 g/mol. The van der Waals surface area contributed by atoms with Gasteiger partial charge in [0.25, 0.3) is 5.91 Å². The molecule has 1 atom stereocenters. The van der Waals surface area contributed by atoms with E-state index < -0.39 is 62.0 Å². The van der Waals surface area contributed by atoms with Crippen molar-refractivity contribution >= 4 is 63.8 Å². The van der Waals surface area contributed by atoms with Crippen molar-refractivity contribution in [3.8, 4) is 5.75 Å². The second kappa shape index (κ2) is 13.5.